The highest BCUT2D eigenvalue weighted by Gasteiger charge is 2.30. The summed E-state index contributed by atoms with van der Waals surface area (Å²) in [5.41, 5.74) is 0.592. The molecule has 0 aliphatic heterocycles. The second-order valence-corrected chi connectivity index (χ2v) is 5.21. The minimum absolute atomic E-state index is 0.0759. The highest BCUT2D eigenvalue weighted by Crippen LogP contribution is 2.25. The number of hydrogen-bond donors (Lipinski definition) is 0. The monoisotopic (exact) mass is 320 g/mol. The Labute approximate surface area is 121 Å². The van der Waals surface area contributed by atoms with Gasteiger partial charge in [0.15, 0.2) is 5.78 Å². The SMILES string of the molecule is O=C(Cc1ccc(OC(F)(F)F)cc1)c1sccc1Cl. The molecule has 0 saturated heterocycles. The molecule has 2 aromatic rings. The lowest BCUT2D eigenvalue weighted by Crippen LogP contribution is -2.17. The summed E-state index contributed by atoms with van der Waals surface area (Å²) in [5.74, 6) is -0.489. The van der Waals surface area contributed by atoms with Gasteiger partial charge in [-0.1, -0.05) is 23.7 Å². The second kappa shape index (κ2) is 5.85. The van der Waals surface area contributed by atoms with Crippen molar-refractivity contribution in [1.29, 1.82) is 0 Å². The number of hydrogen-bond acceptors (Lipinski definition) is 3. The van der Waals surface area contributed by atoms with Crippen molar-refractivity contribution in [2.24, 2.45) is 0 Å². The fourth-order valence-electron chi connectivity index (χ4n) is 1.57. The smallest absolute Gasteiger partial charge is 0.406 e. The Hall–Kier alpha value is -1.53. The summed E-state index contributed by atoms with van der Waals surface area (Å²) < 4.78 is 39.7. The number of thiophene rings is 1. The molecule has 0 spiro atoms. The molecule has 0 atom stereocenters. The van der Waals surface area contributed by atoms with Crippen molar-refractivity contribution in [3.8, 4) is 5.75 Å². The molecule has 20 heavy (non-hydrogen) atoms. The predicted octanol–water partition coefficient (Wildman–Crippen LogP) is 4.73. The molecule has 1 heterocycles. The van der Waals surface area contributed by atoms with Crippen LogP contribution in [0.4, 0.5) is 13.2 Å². The fraction of sp³-hybridized carbons (Fsp3) is 0.154. The predicted molar refractivity (Wildman–Crippen MR) is 70.5 cm³/mol. The van der Waals surface area contributed by atoms with Crippen LogP contribution in [-0.4, -0.2) is 12.1 Å². The summed E-state index contributed by atoms with van der Waals surface area (Å²) in [4.78, 5) is 12.4. The Kier molecular flexibility index (Phi) is 4.35. The number of rotatable bonds is 4. The van der Waals surface area contributed by atoms with Gasteiger partial charge < -0.3 is 4.74 Å². The molecular formula is C13H8ClF3O2S. The van der Waals surface area contributed by atoms with Gasteiger partial charge in [-0.25, -0.2) is 0 Å². The van der Waals surface area contributed by atoms with Crippen LogP contribution in [0.15, 0.2) is 35.7 Å². The fourth-order valence-corrected chi connectivity index (χ4v) is 2.67. The molecule has 0 saturated carbocycles. The van der Waals surface area contributed by atoms with Crippen LogP contribution in [-0.2, 0) is 6.42 Å². The zero-order valence-electron chi connectivity index (χ0n) is 9.91. The van der Waals surface area contributed by atoms with Gasteiger partial charge in [-0.2, -0.15) is 0 Å². The lowest BCUT2D eigenvalue weighted by molar-refractivity contribution is -0.274. The molecule has 106 valence electrons. The lowest BCUT2D eigenvalue weighted by Gasteiger charge is -2.09. The third-order valence-corrected chi connectivity index (χ3v) is 3.77. The van der Waals surface area contributed by atoms with Gasteiger partial charge in [0, 0.05) is 6.42 Å². The molecule has 0 bridgehead atoms. The Morgan fingerprint density at radius 2 is 1.85 bits per heavy atom. The normalized spacial score (nSPS) is 11.4. The Morgan fingerprint density at radius 1 is 1.20 bits per heavy atom. The van der Waals surface area contributed by atoms with E-state index in [4.69, 9.17) is 11.6 Å². The van der Waals surface area contributed by atoms with Crippen molar-refractivity contribution in [1.82, 2.24) is 0 Å². The lowest BCUT2D eigenvalue weighted by atomic mass is 10.1. The summed E-state index contributed by atoms with van der Waals surface area (Å²) in [5, 5.41) is 2.09. The van der Waals surface area contributed by atoms with Crippen molar-refractivity contribution >= 4 is 28.7 Å². The van der Waals surface area contributed by atoms with Crippen LogP contribution in [0.1, 0.15) is 15.2 Å². The first-order chi connectivity index (χ1) is 9.35. The van der Waals surface area contributed by atoms with Gasteiger partial charge in [0.25, 0.3) is 0 Å². The summed E-state index contributed by atoms with van der Waals surface area (Å²) in [6.07, 6.45) is -4.64. The third kappa shape index (κ3) is 3.98. The summed E-state index contributed by atoms with van der Waals surface area (Å²) in [6.45, 7) is 0. The number of carbonyl (C=O) groups is 1. The van der Waals surface area contributed by atoms with E-state index in [9.17, 15) is 18.0 Å². The maximum atomic E-state index is 12.0. The van der Waals surface area contributed by atoms with E-state index in [0.717, 1.165) is 0 Å². The van der Waals surface area contributed by atoms with E-state index in [0.29, 0.717) is 15.5 Å². The van der Waals surface area contributed by atoms with Crippen molar-refractivity contribution in [3.05, 3.63) is 51.2 Å². The second-order valence-electron chi connectivity index (χ2n) is 3.89. The molecule has 2 rings (SSSR count). The molecule has 0 N–H and O–H groups in total. The molecule has 0 aliphatic rings. The number of Topliss-reactive ketones (excluding diaryl/α,β-unsaturated/α-hetero) is 1. The Morgan fingerprint density at radius 3 is 2.35 bits per heavy atom. The van der Waals surface area contributed by atoms with Gasteiger partial charge in [-0.15, -0.1) is 24.5 Å². The van der Waals surface area contributed by atoms with Crippen molar-refractivity contribution in [2.75, 3.05) is 0 Å². The number of benzene rings is 1. The number of ketones is 1. The van der Waals surface area contributed by atoms with Crippen LogP contribution < -0.4 is 4.74 Å². The van der Waals surface area contributed by atoms with Crippen molar-refractivity contribution in [3.63, 3.8) is 0 Å². The number of alkyl halides is 3. The summed E-state index contributed by atoms with van der Waals surface area (Å²) >= 11 is 7.08. The zero-order valence-corrected chi connectivity index (χ0v) is 11.5. The number of halogens is 4. The van der Waals surface area contributed by atoms with Crippen LogP contribution in [0.5, 0.6) is 5.75 Å². The van der Waals surface area contributed by atoms with Crippen molar-refractivity contribution in [2.45, 2.75) is 12.8 Å². The standard InChI is InChI=1S/C13H8ClF3O2S/c14-10-5-6-20-12(10)11(18)7-8-1-3-9(4-2-8)19-13(15,16)17/h1-6H,7H2. The Bertz CT molecular complexity index is 605. The highest BCUT2D eigenvalue weighted by molar-refractivity contribution is 7.12. The molecule has 2 nitrogen and oxygen atoms in total. The molecule has 0 radical (unpaired) electrons. The maximum Gasteiger partial charge on any atom is 0.573 e. The Balaban J connectivity index is 2.04. The number of ether oxygens (including phenoxy) is 1. The van der Waals surface area contributed by atoms with Gasteiger partial charge in [-0.3, -0.25) is 4.79 Å². The van der Waals surface area contributed by atoms with E-state index >= 15 is 0 Å². The first-order valence-corrected chi connectivity index (χ1v) is 6.72. The van der Waals surface area contributed by atoms with E-state index in [-0.39, 0.29) is 18.0 Å². The van der Waals surface area contributed by atoms with Crippen LogP contribution in [0.25, 0.3) is 0 Å². The van der Waals surface area contributed by atoms with Gasteiger partial charge >= 0.3 is 6.36 Å². The van der Waals surface area contributed by atoms with E-state index in [1.807, 2.05) is 0 Å². The average Bonchev–Trinajstić information content (AvgIpc) is 2.76. The minimum atomic E-state index is -4.72. The quantitative estimate of drug-likeness (QED) is 0.762. The topological polar surface area (TPSA) is 26.3 Å². The van der Waals surface area contributed by atoms with E-state index in [1.165, 1.54) is 35.6 Å². The summed E-state index contributed by atoms with van der Waals surface area (Å²) in [7, 11) is 0. The van der Waals surface area contributed by atoms with Gasteiger partial charge in [0.2, 0.25) is 0 Å². The largest absolute Gasteiger partial charge is 0.573 e. The third-order valence-electron chi connectivity index (χ3n) is 2.39. The number of carbonyl (C=O) groups excluding carboxylic acids is 1. The minimum Gasteiger partial charge on any atom is -0.406 e. The van der Waals surface area contributed by atoms with Gasteiger partial charge in [0.05, 0.1) is 9.90 Å². The van der Waals surface area contributed by atoms with Gasteiger partial charge in [-0.05, 0) is 29.1 Å². The van der Waals surface area contributed by atoms with Gasteiger partial charge in [0.1, 0.15) is 5.75 Å². The first kappa shape index (κ1) is 14.9. The van der Waals surface area contributed by atoms with Crippen LogP contribution in [0, 0.1) is 0 Å². The molecule has 0 amide bonds. The van der Waals surface area contributed by atoms with Crippen molar-refractivity contribution < 1.29 is 22.7 Å². The van der Waals surface area contributed by atoms with Crippen LogP contribution in [0.3, 0.4) is 0 Å². The highest BCUT2D eigenvalue weighted by atomic mass is 35.5. The van der Waals surface area contributed by atoms with Crippen LogP contribution >= 0.6 is 22.9 Å². The summed E-state index contributed by atoms with van der Waals surface area (Å²) in [6, 6.07) is 6.80. The van der Waals surface area contributed by atoms with E-state index in [2.05, 4.69) is 4.74 Å². The van der Waals surface area contributed by atoms with Crippen LogP contribution in [0.2, 0.25) is 5.02 Å². The average molecular weight is 321 g/mol. The molecule has 0 unspecified atom stereocenters. The first-order valence-electron chi connectivity index (χ1n) is 5.46. The van der Waals surface area contributed by atoms with E-state index < -0.39 is 6.36 Å². The molecule has 1 aromatic heterocycles. The molecule has 1 aromatic carbocycles. The molecule has 7 heteroatoms. The molecule has 0 fully saturated rings. The zero-order chi connectivity index (χ0) is 14.8. The maximum absolute atomic E-state index is 12.0. The molecule has 0 aliphatic carbocycles. The van der Waals surface area contributed by atoms with E-state index in [1.54, 1.807) is 11.4 Å². The molecular weight excluding hydrogens is 313 g/mol.